The number of hydrogen-bond donors (Lipinski definition) is 0. The first-order valence-electron chi connectivity index (χ1n) is 6.29. The van der Waals surface area contributed by atoms with Gasteiger partial charge in [-0.2, -0.15) is 0 Å². The Morgan fingerprint density at radius 3 is 1.96 bits per heavy atom. The molecule has 2 aromatic rings. The van der Waals surface area contributed by atoms with Crippen LogP contribution < -0.4 is 0 Å². The highest BCUT2D eigenvalue weighted by Gasteiger charge is 2.01. The zero-order valence-electron chi connectivity index (χ0n) is 11.4. The van der Waals surface area contributed by atoms with Gasteiger partial charge in [0, 0.05) is 25.6 Å². The molecule has 0 atom stereocenters. The van der Waals surface area contributed by atoms with E-state index in [9.17, 15) is 8.78 Å². The molecule has 8 heteroatoms. The molecule has 0 bridgehead atoms. The summed E-state index contributed by atoms with van der Waals surface area (Å²) >= 11 is 12.7. The Hall–Kier alpha value is -0.570. The minimum atomic E-state index is -0.405. The van der Waals surface area contributed by atoms with E-state index in [2.05, 4.69) is 9.97 Å². The van der Waals surface area contributed by atoms with Gasteiger partial charge in [0.25, 0.3) is 0 Å². The number of ether oxygens (including phenoxy) is 1. The summed E-state index contributed by atoms with van der Waals surface area (Å²) in [4.78, 5) is 7.01. The number of halogens is 5. The molecule has 1 saturated heterocycles. The van der Waals surface area contributed by atoms with Gasteiger partial charge in [-0.05, 0) is 41.5 Å². The number of nitrogens with zero attached hydrogens (tertiary/aromatic N) is 2. The van der Waals surface area contributed by atoms with Gasteiger partial charge in [-0.3, -0.25) is 9.97 Å². The van der Waals surface area contributed by atoms with Crippen LogP contribution in [0.25, 0.3) is 0 Å². The molecule has 3 rings (SSSR count). The van der Waals surface area contributed by atoms with E-state index in [1.165, 1.54) is 31.3 Å². The fourth-order valence-electron chi connectivity index (χ4n) is 1.29. The second kappa shape index (κ2) is 12.8. The second-order valence-electron chi connectivity index (χ2n) is 4.06. The van der Waals surface area contributed by atoms with Crippen LogP contribution in [0.15, 0.2) is 30.9 Å². The number of rotatable bonds is 0. The van der Waals surface area contributed by atoms with Crippen LogP contribution in [0.2, 0.25) is 10.0 Å². The fraction of sp³-hybridized carbons (Fsp3) is 0.333. The molecule has 0 unspecified atom stereocenters. The van der Waals surface area contributed by atoms with Crippen molar-refractivity contribution < 1.29 is 13.5 Å². The third kappa shape index (κ3) is 10.0. The lowest BCUT2D eigenvalue weighted by atomic mass is 10.4. The molecule has 3 nitrogen and oxygen atoms in total. The predicted molar refractivity (Wildman–Crippen MR) is 97.9 cm³/mol. The number of hydrogen-bond acceptors (Lipinski definition) is 3. The van der Waals surface area contributed by atoms with Crippen molar-refractivity contribution in [2.75, 3.05) is 13.2 Å². The fourth-order valence-corrected chi connectivity index (χ4v) is 1.88. The maximum absolute atomic E-state index is 12.4. The molecule has 1 aliphatic rings. The Kier molecular flexibility index (Phi) is 12.5. The van der Waals surface area contributed by atoms with E-state index in [4.69, 9.17) is 27.9 Å². The van der Waals surface area contributed by atoms with Crippen molar-refractivity contribution in [1.29, 1.82) is 0 Å². The first kappa shape index (κ1) is 22.4. The summed E-state index contributed by atoms with van der Waals surface area (Å²) in [6.45, 7) is 2.00. The Morgan fingerprint density at radius 1 is 1.00 bits per heavy atom. The summed E-state index contributed by atoms with van der Waals surface area (Å²) in [5, 5.41) is 0.681. The van der Waals surface area contributed by atoms with Crippen molar-refractivity contribution in [3.05, 3.63) is 56.1 Å². The van der Waals surface area contributed by atoms with Crippen molar-refractivity contribution in [2.45, 2.75) is 20.3 Å². The monoisotopic (exact) mass is 476 g/mol. The molecular weight excluding hydrogens is 460 g/mol. The lowest BCUT2D eigenvalue weighted by Gasteiger charge is -1.92. The van der Waals surface area contributed by atoms with Crippen LogP contribution in [0.5, 0.6) is 0 Å². The zero-order valence-corrected chi connectivity index (χ0v) is 15.1. The Bertz CT molecular complexity index is 542. The summed E-state index contributed by atoms with van der Waals surface area (Å²) in [5.74, 6) is -0.777. The molecule has 0 amide bonds. The first-order valence-corrected chi connectivity index (χ1v) is 8.12. The number of aromatic nitrogens is 2. The Morgan fingerprint density at radius 2 is 1.61 bits per heavy atom. The third-order valence-corrected chi connectivity index (χ3v) is 4.20. The van der Waals surface area contributed by atoms with Gasteiger partial charge in [-0.15, -0.1) is 0 Å². The van der Waals surface area contributed by atoms with E-state index in [-0.39, 0.29) is 13.2 Å². The molecule has 2 aromatic heterocycles. The maximum atomic E-state index is 12.4. The van der Waals surface area contributed by atoms with Gasteiger partial charge in [0.1, 0.15) is 5.82 Å². The molecule has 0 aliphatic carbocycles. The highest BCUT2D eigenvalue weighted by Crippen LogP contribution is 2.18. The maximum Gasteiger partial charge on any atom is 0.156 e. The molecular formula is C15H17Cl2F2IN2O. The summed E-state index contributed by atoms with van der Waals surface area (Å²) < 4.78 is 29.8. The molecule has 23 heavy (non-hydrogen) atoms. The van der Waals surface area contributed by atoms with E-state index in [1.54, 1.807) is 0 Å². The van der Waals surface area contributed by atoms with Crippen LogP contribution in [0.3, 0.4) is 0 Å². The molecule has 0 N–H and O–H groups in total. The molecule has 0 radical (unpaired) electrons. The van der Waals surface area contributed by atoms with E-state index >= 15 is 0 Å². The number of pyridine rings is 2. The molecule has 1 aliphatic heterocycles. The van der Waals surface area contributed by atoms with E-state index < -0.39 is 5.82 Å². The van der Waals surface area contributed by atoms with E-state index in [0.29, 0.717) is 13.6 Å². The topological polar surface area (TPSA) is 35.0 Å². The van der Waals surface area contributed by atoms with E-state index in [1.807, 2.05) is 22.6 Å². The molecule has 1 fully saturated rings. The van der Waals surface area contributed by atoms with Crippen molar-refractivity contribution in [1.82, 2.24) is 9.97 Å². The zero-order chi connectivity index (χ0) is 16.4. The van der Waals surface area contributed by atoms with Gasteiger partial charge < -0.3 is 4.74 Å². The van der Waals surface area contributed by atoms with Gasteiger partial charge in [-0.25, -0.2) is 8.78 Å². The summed E-state index contributed by atoms with van der Waals surface area (Å²) in [5.41, 5.74) is 0. The smallest absolute Gasteiger partial charge is 0.156 e. The average Bonchev–Trinajstić information content (AvgIpc) is 3.04. The van der Waals surface area contributed by atoms with Crippen LogP contribution in [0.4, 0.5) is 8.78 Å². The molecule has 0 aromatic carbocycles. The summed E-state index contributed by atoms with van der Waals surface area (Å²) in [6, 6.07) is 1.20. The highest BCUT2D eigenvalue weighted by atomic mass is 127. The van der Waals surface area contributed by atoms with Crippen LogP contribution in [0, 0.1) is 15.2 Å². The molecule has 0 spiro atoms. The van der Waals surface area contributed by atoms with Crippen LogP contribution >= 0.6 is 45.8 Å². The van der Waals surface area contributed by atoms with Crippen molar-refractivity contribution >= 4 is 45.8 Å². The lowest BCUT2D eigenvalue weighted by molar-refractivity contribution is 0.198. The van der Waals surface area contributed by atoms with Crippen LogP contribution in [0.1, 0.15) is 20.3 Å². The lowest BCUT2D eigenvalue weighted by Crippen LogP contribution is -1.83. The predicted octanol–water partition coefficient (Wildman–Crippen LogP) is 5.79. The van der Waals surface area contributed by atoms with Crippen molar-refractivity contribution in [2.24, 2.45) is 0 Å². The largest absolute Gasteiger partial charge is 0.381 e. The normalized spacial score (nSPS) is 12.2. The molecule has 128 valence electrons. The summed E-state index contributed by atoms with van der Waals surface area (Å²) in [6.07, 6.45) is 7.58. The van der Waals surface area contributed by atoms with Gasteiger partial charge in [0.2, 0.25) is 0 Å². The standard InChI is InChI=1S/C5H2ClFIN.C5H3ClFN.C4H8O.CH4/c6-3-1-9-2-4(7)5(3)8;6-4-1-5(7)3-8-2-4;1-2-4-5-3-1;/h1-2H;1-3H;1-4H2;1H4. The molecule has 0 saturated carbocycles. The highest BCUT2D eigenvalue weighted by molar-refractivity contribution is 14.1. The Labute approximate surface area is 158 Å². The average molecular weight is 477 g/mol. The van der Waals surface area contributed by atoms with Gasteiger partial charge in [0.05, 0.1) is 26.0 Å². The summed E-state index contributed by atoms with van der Waals surface area (Å²) in [7, 11) is 0. The third-order valence-electron chi connectivity index (χ3n) is 2.29. The van der Waals surface area contributed by atoms with Gasteiger partial charge >= 0.3 is 0 Å². The quantitative estimate of drug-likeness (QED) is 0.451. The minimum Gasteiger partial charge on any atom is -0.381 e. The second-order valence-corrected chi connectivity index (χ2v) is 5.98. The minimum absolute atomic E-state index is 0. The van der Waals surface area contributed by atoms with Crippen LogP contribution in [-0.2, 0) is 4.74 Å². The SMILES string of the molecule is C.C1CCOC1.Fc1cncc(Cl)c1.Fc1cncc(Cl)c1I. The van der Waals surface area contributed by atoms with Crippen molar-refractivity contribution in [3.63, 3.8) is 0 Å². The van der Waals surface area contributed by atoms with E-state index in [0.717, 1.165) is 25.6 Å². The molecule has 3 heterocycles. The van der Waals surface area contributed by atoms with Crippen molar-refractivity contribution in [3.8, 4) is 0 Å². The Balaban J connectivity index is 0.000000320. The van der Waals surface area contributed by atoms with Gasteiger partial charge in [0.15, 0.2) is 5.82 Å². The van der Waals surface area contributed by atoms with Crippen LogP contribution in [-0.4, -0.2) is 23.2 Å². The first-order chi connectivity index (χ1) is 10.5. The van der Waals surface area contributed by atoms with Gasteiger partial charge in [-0.1, -0.05) is 30.6 Å².